The quantitative estimate of drug-likeness (QED) is 0.856. The minimum atomic E-state index is 1.08. The summed E-state index contributed by atoms with van der Waals surface area (Å²) in [4.78, 5) is 9.57. The summed E-state index contributed by atoms with van der Waals surface area (Å²) in [7, 11) is 0. The average molecular weight is 246 g/mol. The van der Waals surface area contributed by atoms with Gasteiger partial charge in [0.25, 0.3) is 0 Å². The Kier molecular flexibility index (Phi) is 3.64. The van der Waals surface area contributed by atoms with Crippen LogP contribution in [0, 0.1) is 0 Å². The maximum atomic E-state index is 4.64. The van der Waals surface area contributed by atoms with Crippen LogP contribution in [0.3, 0.4) is 0 Å². The number of hydrogen-bond donors (Lipinski definition) is 1. The molecule has 18 heavy (non-hydrogen) atoms. The summed E-state index contributed by atoms with van der Waals surface area (Å²) in [6.07, 6.45) is 5.90. The van der Waals surface area contributed by atoms with E-state index in [0.717, 1.165) is 39.3 Å². The fraction of sp³-hybridized carbons (Fsp3) is 0.643. The van der Waals surface area contributed by atoms with E-state index in [-0.39, 0.29) is 0 Å². The van der Waals surface area contributed by atoms with Gasteiger partial charge in [0.05, 0.1) is 5.69 Å². The van der Waals surface area contributed by atoms with E-state index in [1.807, 2.05) is 6.20 Å². The lowest BCUT2D eigenvalue weighted by molar-refractivity contribution is 0.566. The predicted molar refractivity (Wildman–Crippen MR) is 75.4 cm³/mol. The summed E-state index contributed by atoms with van der Waals surface area (Å²) in [5.41, 5.74) is 1.32. The molecule has 3 heterocycles. The highest BCUT2D eigenvalue weighted by Crippen LogP contribution is 2.29. The molecule has 4 heteroatoms. The number of piperidine rings is 1. The van der Waals surface area contributed by atoms with Gasteiger partial charge in [0.1, 0.15) is 0 Å². The molecule has 0 unspecified atom stereocenters. The second-order valence-electron chi connectivity index (χ2n) is 5.13. The first-order valence-electron chi connectivity index (χ1n) is 7.11. The van der Waals surface area contributed by atoms with Crippen LogP contribution in [0.25, 0.3) is 0 Å². The standard InChI is InChI=1S/C14H22N4/c1-2-9-18(10-3-1)14-13(5-4-6-16-14)17-11-7-15-8-12-17/h4-6,15H,1-3,7-12H2. The molecule has 0 amide bonds. The summed E-state index contributed by atoms with van der Waals surface area (Å²) in [6.45, 7) is 6.66. The number of aromatic nitrogens is 1. The Morgan fingerprint density at radius 3 is 2.50 bits per heavy atom. The second kappa shape index (κ2) is 5.57. The Bertz CT molecular complexity index is 344. The number of pyridine rings is 1. The molecule has 0 spiro atoms. The maximum Gasteiger partial charge on any atom is 0.152 e. The molecular weight excluding hydrogens is 224 g/mol. The van der Waals surface area contributed by atoms with E-state index < -0.39 is 0 Å². The van der Waals surface area contributed by atoms with Crippen molar-refractivity contribution in [1.29, 1.82) is 0 Å². The first-order valence-corrected chi connectivity index (χ1v) is 7.11. The van der Waals surface area contributed by atoms with E-state index in [1.165, 1.54) is 30.8 Å². The van der Waals surface area contributed by atoms with E-state index in [0.29, 0.717) is 0 Å². The van der Waals surface area contributed by atoms with E-state index >= 15 is 0 Å². The van der Waals surface area contributed by atoms with Crippen molar-refractivity contribution >= 4 is 11.5 Å². The number of nitrogens with zero attached hydrogens (tertiary/aromatic N) is 3. The van der Waals surface area contributed by atoms with Crippen LogP contribution in [0.4, 0.5) is 11.5 Å². The van der Waals surface area contributed by atoms with E-state index in [9.17, 15) is 0 Å². The molecule has 2 aliphatic heterocycles. The summed E-state index contributed by atoms with van der Waals surface area (Å²) in [5, 5.41) is 3.41. The normalized spacial score (nSPS) is 21.1. The number of hydrogen-bond acceptors (Lipinski definition) is 4. The van der Waals surface area contributed by atoms with Crippen LogP contribution in [0.2, 0.25) is 0 Å². The largest absolute Gasteiger partial charge is 0.366 e. The molecule has 0 aliphatic carbocycles. The second-order valence-corrected chi connectivity index (χ2v) is 5.13. The van der Waals surface area contributed by atoms with Gasteiger partial charge < -0.3 is 15.1 Å². The molecule has 2 fully saturated rings. The summed E-state index contributed by atoms with van der Waals surface area (Å²) >= 11 is 0. The molecule has 0 bridgehead atoms. The lowest BCUT2D eigenvalue weighted by Crippen LogP contribution is -2.44. The van der Waals surface area contributed by atoms with Gasteiger partial charge in [-0.2, -0.15) is 0 Å². The molecule has 1 aromatic heterocycles. The van der Waals surface area contributed by atoms with Crippen molar-refractivity contribution in [2.45, 2.75) is 19.3 Å². The number of piperazine rings is 1. The summed E-state index contributed by atoms with van der Waals surface area (Å²) < 4.78 is 0. The fourth-order valence-electron chi connectivity index (χ4n) is 2.89. The highest BCUT2D eigenvalue weighted by atomic mass is 15.3. The molecule has 3 rings (SSSR count). The highest BCUT2D eigenvalue weighted by molar-refractivity contribution is 5.67. The van der Waals surface area contributed by atoms with E-state index in [2.05, 4.69) is 32.2 Å². The van der Waals surface area contributed by atoms with Crippen molar-refractivity contribution in [3.05, 3.63) is 18.3 Å². The average Bonchev–Trinajstić information content (AvgIpc) is 2.49. The zero-order valence-corrected chi connectivity index (χ0v) is 10.9. The van der Waals surface area contributed by atoms with Crippen molar-refractivity contribution in [2.24, 2.45) is 0 Å². The van der Waals surface area contributed by atoms with Crippen molar-refractivity contribution in [2.75, 3.05) is 49.1 Å². The monoisotopic (exact) mass is 246 g/mol. The van der Waals surface area contributed by atoms with Gasteiger partial charge in [0.2, 0.25) is 0 Å². The van der Waals surface area contributed by atoms with Gasteiger partial charge in [-0.25, -0.2) is 4.98 Å². The Labute approximate surface area is 109 Å². The zero-order chi connectivity index (χ0) is 12.2. The van der Waals surface area contributed by atoms with Crippen molar-refractivity contribution in [3.8, 4) is 0 Å². The van der Waals surface area contributed by atoms with Crippen LogP contribution in [-0.4, -0.2) is 44.3 Å². The van der Waals surface area contributed by atoms with Crippen molar-refractivity contribution < 1.29 is 0 Å². The minimum absolute atomic E-state index is 1.08. The number of rotatable bonds is 2. The lowest BCUT2D eigenvalue weighted by atomic mass is 10.1. The van der Waals surface area contributed by atoms with Crippen LogP contribution in [0.15, 0.2) is 18.3 Å². The van der Waals surface area contributed by atoms with Crippen LogP contribution < -0.4 is 15.1 Å². The van der Waals surface area contributed by atoms with E-state index in [1.54, 1.807) is 0 Å². The topological polar surface area (TPSA) is 31.4 Å². The summed E-state index contributed by atoms with van der Waals surface area (Å²) in [6, 6.07) is 4.28. The van der Waals surface area contributed by atoms with Gasteiger partial charge in [-0.15, -0.1) is 0 Å². The van der Waals surface area contributed by atoms with Gasteiger partial charge >= 0.3 is 0 Å². The number of nitrogens with one attached hydrogen (secondary N) is 1. The van der Waals surface area contributed by atoms with Gasteiger partial charge in [0.15, 0.2) is 5.82 Å². The SMILES string of the molecule is c1cnc(N2CCCCC2)c(N2CCNCC2)c1. The third-order valence-corrected chi connectivity index (χ3v) is 3.88. The molecule has 0 radical (unpaired) electrons. The zero-order valence-electron chi connectivity index (χ0n) is 10.9. The Balaban J connectivity index is 1.83. The first kappa shape index (κ1) is 11.8. The Morgan fingerprint density at radius 2 is 1.72 bits per heavy atom. The highest BCUT2D eigenvalue weighted by Gasteiger charge is 2.20. The lowest BCUT2D eigenvalue weighted by Gasteiger charge is -2.35. The molecule has 2 saturated heterocycles. The molecule has 4 nitrogen and oxygen atoms in total. The van der Waals surface area contributed by atoms with Crippen LogP contribution in [0.1, 0.15) is 19.3 Å². The molecule has 1 N–H and O–H groups in total. The smallest absolute Gasteiger partial charge is 0.152 e. The Morgan fingerprint density at radius 1 is 0.944 bits per heavy atom. The third kappa shape index (κ3) is 2.43. The molecule has 0 saturated carbocycles. The first-order chi connectivity index (χ1) is 8.95. The Hall–Kier alpha value is -1.29. The summed E-state index contributed by atoms with van der Waals surface area (Å²) in [5.74, 6) is 1.19. The molecule has 98 valence electrons. The van der Waals surface area contributed by atoms with Gasteiger partial charge in [-0.05, 0) is 31.4 Å². The molecule has 2 aliphatic rings. The van der Waals surface area contributed by atoms with Crippen LogP contribution in [0.5, 0.6) is 0 Å². The predicted octanol–water partition coefficient (Wildman–Crippen LogP) is 1.48. The molecule has 0 atom stereocenters. The van der Waals surface area contributed by atoms with Gasteiger partial charge in [-0.3, -0.25) is 0 Å². The van der Waals surface area contributed by atoms with Crippen LogP contribution in [-0.2, 0) is 0 Å². The van der Waals surface area contributed by atoms with E-state index in [4.69, 9.17) is 0 Å². The number of anilines is 2. The minimum Gasteiger partial charge on any atom is -0.366 e. The van der Waals surface area contributed by atoms with Crippen molar-refractivity contribution in [3.63, 3.8) is 0 Å². The molecule has 0 aromatic carbocycles. The van der Waals surface area contributed by atoms with Crippen molar-refractivity contribution in [1.82, 2.24) is 10.3 Å². The fourth-order valence-corrected chi connectivity index (χ4v) is 2.89. The van der Waals surface area contributed by atoms with Gasteiger partial charge in [-0.1, -0.05) is 0 Å². The third-order valence-electron chi connectivity index (χ3n) is 3.88. The maximum absolute atomic E-state index is 4.64. The van der Waals surface area contributed by atoms with Gasteiger partial charge in [0, 0.05) is 45.5 Å². The molecular formula is C14H22N4. The van der Waals surface area contributed by atoms with Crippen LogP contribution >= 0.6 is 0 Å². The molecule has 1 aromatic rings.